The van der Waals surface area contributed by atoms with E-state index in [0.29, 0.717) is 16.3 Å². The van der Waals surface area contributed by atoms with Crippen LogP contribution in [0.5, 0.6) is 5.75 Å². The normalized spacial score (nSPS) is 10.3. The largest absolute Gasteiger partial charge is 0.707 e. The molecule has 0 unspecified atom stereocenters. The number of hydrogen-bond acceptors (Lipinski definition) is 4. The molecule has 1 aromatic heterocycles. The second-order valence-electron chi connectivity index (χ2n) is 2.93. The van der Waals surface area contributed by atoms with Crippen LogP contribution in [-0.2, 0) is 0 Å². The predicted molar refractivity (Wildman–Crippen MR) is 57.6 cm³/mol. The number of halogens is 1. The van der Waals surface area contributed by atoms with Crippen LogP contribution in [-0.4, -0.2) is 22.4 Å². The van der Waals surface area contributed by atoms with Gasteiger partial charge in [-0.2, -0.15) is 0 Å². The van der Waals surface area contributed by atoms with Gasteiger partial charge in [-0.1, -0.05) is 17.7 Å². The number of aromatic nitrogens is 1. The molecule has 15 heavy (non-hydrogen) atoms. The van der Waals surface area contributed by atoms with Crippen molar-refractivity contribution in [3.63, 3.8) is 0 Å². The third kappa shape index (κ3) is 2.20. The Balaban J connectivity index is 2.50. The molecule has 1 aromatic carbocycles. The van der Waals surface area contributed by atoms with Gasteiger partial charge in [0.25, 0.3) is 0 Å². The first-order valence-corrected chi connectivity index (χ1v) is 4.62. The molecule has 2 rings (SSSR count). The molecule has 0 aliphatic carbocycles. The Kier molecular flexibility index (Phi) is 2.77. The molecule has 76 valence electrons. The highest BCUT2D eigenvalue weighted by atomic mass is 35.5. The molecule has 0 saturated carbocycles. The molecule has 0 aliphatic rings. The van der Waals surface area contributed by atoms with Crippen molar-refractivity contribution in [3.8, 4) is 5.75 Å². The average Bonchev–Trinajstić information content (AvgIpc) is 2.18. The van der Waals surface area contributed by atoms with E-state index in [1.807, 2.05) is 0 Å². The summed E-state index contributed by atoms with van der Waals surface area (Å²) in [5.41, 5.74) is 0. The van der Waals surface area contributed by atoms with Crippen molar-refractivity contribution >= 4 is 29.7 Å². The summed E-state index contributed by atoms with van der Waals surface area (Å²) in [7, 11) is -1.84. The van der Waals surface area contributed by atoms with Gasteiger partial charge in [0.05, 0.1) is 0 Å². The zero-order chi connectivity index (χ0) is 10.8. The van der Waals surface area contributed by atoms with Crippen molar-refractivity contribution in [2.45, 2.75) is 0 Å². The van der Waals surface area contributed by atoms with Crippen LogP contribution in [0.3, 0.4) is 0 Å². The second kappa shape index (κ2) is 4.06. The minimum atomic E-state index is -1.84. The Morgan fingerprint density at radius 3 is 2.80 bits per heavy atom. The van der Waals surface area contributed by atoms with Gasteiger partial charge in [-0.25, -0.2) is 4.98 Å². The topological polar surface area (TPSA) is 62.6 Å². The van der Waals surface area contributed by atoms with Gasteiger partial charge in [-0.15, -0.1) is 0 Å². The van der Waals surface area contributed by atoms with Gasteiger partial charge in [0, 0.05) is 11.6 Å². The van der Waals surface area contributed by atoms with E-state index in [1.165, 1.54) is 0 Å². The second-order valence-corrected chi connectivity index (χ2v) is 3.29. The van der Waals surface area contributed by atoms with Crippen LogP contribution in [0.2, 0.25) is 5.15 Å². The fraction of sp³-hybridized carbons (Fsp3) is 0. The Morgan fingerprint density at radius 1 is 1.27 bits per heavy atom. The lowest BCUT2D eigenvalue weighted by molar-refractivity contribution is 0.288. The quantitative estimate of drug-likeness (QED) is 0.594. The smallest absolute Gasteiger partial charge is 0.512 e. The predicted octanol–water partition coefficient (Wildman–Crippen LogP) is 1.24. The maximum absolute atomic E-state index is 8.63. The van der Waals surface area contributed by atoms with Gasteiger partial charge < -0.3 is 14.7 Å². The van der Waals surface area contributed by atoms with Crippen molar-refractivity contribution in [1.29, 1.82) is 0 Å². The molecular formula is C9H7BClNO3. The fourth-order valence-corrected chi connectivity index (χ4v) is 1.53. The molecular weight excluding hydrogens is 216 g/mol. The van der Waals surface area contributed by atoms with Gasteiger partial charge >= 0.3 is 7.32 Å². The number of rotatable bonds is 2. The molecule has 1 heterocycles. The summed E-state index contributed by atoms with van der Waals surface area (Å²) in [6.07, 6.45) is 1.60. The van der Waals surface area contributed by atoms with Crippen molar-refractivity contribution in [2.24, 2.45) is 0 Å². The number of fused-ring (bicyclic) bond motifs is 1. The van der Waals surface area contributed by atoms with E-state index in [4.69, 9.17) is 26.3 Å². The van der Waals surface area contributed by atoms with Crippen LogP contribution in [0, 0.1) is 0 Å². The van der Waals surface area contributed by atoms with Crippen molar-refractivity contribution in [1.82, 2.24) is 4.98 Å². The lowest BCUT2D eigenvalue weighted by Crippen LogP contribution is -2.20. The highest BCUT2D eigenvalue weighted by Crippen LogP contribution is 2.25. The van der Waals surface area contributed by atoms with Gasteiger partial charge in [0.15, 0.2) is 0 Å². The van der Waals surface area contributed by atoms with E-state index in [-0.39, 0.29) is 0 Å². The van der Waals surface area contributed by atoms with Gasteiger partial charge in [-0.05, 0) is 23.6 Å². The number of pyridine rings is 1. The minimum Gasteiger partial charge on any atom is -0.512 e. The van der Waals surface area contributed by atoms with E-state index in [1.54, 1.807) is 30.5 Å². The summed E-state index contributed by atoms with van der Waals surface area (Å²) in [6.45, 7) is 0. The molecule has 6 heteroatoms. The molecule has 0 amide bonds. The van der Waals surface area contributed by atoms with Crippen LogP contribution in [0.25, 0.3) is 10.8 Å². The molecule has 0 bridgehead atoms. The van der Waals surface area contributed by atoms with E-state index in [9.17, 15) is 0 Å². The first kappa shape index (κ1) is 10.2. The van der Waals surface area contributed by atoms with Crippen LogP contribution < -0.4 is 4.65 Å². The monoisotopic (exact) mass is 223 g/mol. The summed E-state index contributed by atoms with van der Waals surface area (Å²) >= 11 is 5.87. The molecule has 0 aliphatic heterocycles. The molecule has 0 saturated heterocycles. The Bertz CT molecular complexity index is 492. The molecule has 2 N–H and O–H groups in total. The van der Waals surface area contributed by atoms with E-state index in [2.05, 4.69) is 4.98 Å². The number of benzene rings is 1. The zero-order valence-electron chi connectivity index (χ0n) is 7.59. The number of hydrogen-bond donors (Lipinski definition) is 2. The minimum absolute atomic E-state index is 0.326. The SMILES string of the molecule is OB(O)Oc1ccc2ccnc(Cl)c2c1. The third-order valence-electron chi connectivity index (χ3n) is 1.93. The summed E-state index contributed by atoms with van der Waals surface area (Å²) < 4.78 is 4.70. The van der Waals surface area contributed by atoms with Gasteiger partial charge in [0.2, 0.25) is 0 Å². The zero-order valence-corrected chi connectivity index (χ0v) is 8.35. The molecule has 2 aromatic rings. The highest BCUT2D eigenvalue weighted by molar-refractivity contribution is 6.35. The van der Waals surface area contributed by atoms with Crippen LogP contribution in [0.1, 0.15) is 0 Å². The van der Waals surface area contributed by atoms with E-state index in [0.717, 1.165) is 5.39 Å². The van der Waals surface area contributed by atoms with Crippen molar-refractivity contribution in [2.75, 3.05) is 0 Å². The van der Waals surface area contributed by atoms with Crippen LogP contribution in [0.15, 0.2) is 30.5 Å². The lowest BCUT2D eigenvalue weighted by Gasteiger charge is -2.06. The maximum Gasteiger partial charge on any atom is 0.707 e. The van der Waals surface area contributed by atoms with Gasteiger partial charge in [-0.3, -0.25) is 0 Å². The Labute approximate surface area is 91.3 Å². The third-order valence-corrected chi connectivity index (χ3v) is 2.23. The summed E-state index contributed by atoms with van der Waals surface area (Å²) in [6, 6.07) is 6.79. The van der Waals surface area contributed by atoms with Crippen molar-refractivity contribution < 1.29 is 14.7 Å². The standard InChI is InChI=1S/C9H7BClNO3/c11-9-8-5-7(15-10(13)14)2-1-6(8)3-4-12-9/h1-5,13-14H. The average molecular weight is 223 g/mol. The molecule has 4 nitrogen and oxygen atoms in total. The number of nitrogens with zero attached hydrogens (tertiary/aromatic N) is 1. The molecule has 0 atom stereocenters. The Hall–Kier alpha value is -1.30. The maximum atomic E-state index is 8.63. The highest BCUT2D eigenvalue weighted by Gasteiger charge is 2.11. The van der Waals surface area contributed by atoms with Crippen LogP contribution >= 0.6 is 11.6 Å². The summed E-state index contributed by atoms with van der Waals surface area (Å²) in [4.78, 5) is 3.91. The van der Waals surface area contributed by atoms with E-state index < -0.39 is 7.32 Å². The van der Waals surface area contributed by atoms with E-state index >= 15 is 0 Å². The van der Waals surface area contributed by atoms with Crippen molar-refractivity contribution in [3.05, 3.63) is 35.6 Å². The summed E-state index contributed by atoms with van der Waals surface area (Å²) in [5, 5.41) is 19.2. The molecule has 0 fully saturated rings. The first-order chi connectivity index (χ1) is 7.16. The van der Waals surface area contributed by atoms with Crippen LogP contribution in [0.4, 0.5) is 0 Å². The Morgan fingerprint density at radius 2 is 2.07 bits per heavy atom. The fourth-order valence-electron chi connectivity index (χ4n) is 1.31. The lowest BCUT2D eigenvalue weighted by atomic mass is 10.1. The molecule has 0 spiro atoms. The summed E-state index contributed by atoms with van der Waals surface area (Å²) in [5.74, 6) is 0.326. The molecule has 0 radical (unpaired) electrons. The first-order valence-electron chi connectivity index (χ1n) is 4.24. The van der Waals surface area contributed by atoms with Gasteiger partial charge in [0.1, 0.15) is 10.9 Å².